The zero-order valence-electron chi connectivity index (χ0n) is 14.9. The van der Waals surface area contributed by atoms with Crippen LogP contribution in [0.4, 0.5) is 11.4 Å². The zero-order chi connectivity index (χ0) is 19.1. The van der Waals surface area contributed by atoms with Gasteiger partial charge in [-0.2, -0.15) is 0 Å². The van der Waals surface area contributed by atoms with Gasteiger partial charge in [0.15, 0.2) is 11.0 Å². The number of benzene rings is 1. The van der Waals surface area contributed by atoms with E-state index in [1.54, 1.807) is 22.3 Å². The number of aromatic nitrogens is 3. The molecule has 2 amide bonds. The highest BCUT2D eigenvalue weighted by Gasteiger charge is 2.32. The maximum absolute atomic E-state index is 12.9. The number of hydrogen-bond acceptors (Lipinski definition) is 6. The van der Waals surface area contributed by atoms with Gasteiger partial charge in [0.25, 0.3) is 0 Å². The molecule has 2 aliphatic rings. The van der Waals surface area contributed by atoms with E-state index in [2.05, 4.69) is 20.1 Å². The Morgan fingerprint density at radius 2 is 2.07 bits per heavy atom. The summed E-state index contributed by atoms with van der Waals surface area (Å²) in [5, 5.41) is 14.3. The highest BCUT2D eigenvalue weighted by atomic mass is 32.2. The first-order valence-corrected chi connectivity index (χ1v) is 10.9. The van der Waals surface area contributed by atoms with Crippen molar-refractivity contribution in [1.29, 1.82) is 0 Å². The van der Waals surface area contributed by atoms with Gasteiger partial charge >= 0.3 is 0 Å². The Hall–Kier alpha value is -2.65. The minimum absolute atomic E-state index is 0.0339. The summed E-state index contributed by atoms with van der Waals surface area (Å²) in [7, 11) is 0. The van der Waals surface area contributed by atoms with Crippen LogP contribution in [0.15, 0.2) is 46.9 Å². The summed E-state index contributed by atoms with van der Waals surface area (Å²) in [6.07, 6.45) is 2.22. The second kappa shape index (κ2) is 7.06. The molecular formula is C19H17N5O2S2. The molecule has 2 aromatic heterocycles. The van der Waals surface area contributed by atoms with Crippen molar-refractivity contribution in [3.05, 3.63) is 41.8 Å². The average molecular weight is 412 g/mol. The predicted molar refractivity (Wildman–Crippen MR) is 110 cm³/mol. The summed E-state index contributed by atoms with van der Waals surface area (Å²) in [6.45, 7) is 0.0339. The molecule has 1 fully saturated rings. The van der Waals surface area contributed by atoms with E-state index in [0.29, 0.717) is 11.7 Å². The summed E-state index contributed by atoms with van der Waals surface area (Å²) in [6, 6.07) is 11.8. The molecule has 0 unspecified atom stereocenters. The second-order valence-corrected chi connectivity index (χ2v) is 8.61. The third-order valence-corrected chi connectivity index (χ3v) is 6.51. The van der Waals surface area contributed by atoms with E-state index < -0.39 is 0 Å². The van der Waals surface area contributed by atoms with Gasteiger partial charge in [-0.05, 0) is 36.4 Å². The SMILES string of the molecule is O=C1CN(C(=O)CSc2nnc(-c3cccs3)n2C2CC2)c2ccccc2N1. The summed E-state index contributed by atoms with van der Waals surface area (Å²) < 4.78 is 2.15. The van der Waals surface area contributed by atoms with Gasteiger partial charge in [0, 0.05) is 6.04 Å². The molecule has 3 heterocycles. The van der Waals surface area contributed by atoms with Crippen LogP contribution in [0, 0.1) is 0 Å². The van der Waals surface area contributed by atoms with Crippen LogP contribution in [0.3, 0.4) is 0 Å². The monoisotopic (exact) mass is 411 g/mol. The average Bonchev–Trinajstić information content (AvgIpc) is 3.23. The van der Waals surface area contributed by atoms with Crippen LogP contribution in [0.25, 0.3) is 10.7 Å². The van der Waals surface area contributed by atoms with Crippen LogP contribution in [0.2, 0.25) is 0 Å². The lowest BCUT2D eigenvalue weighted by molar-refractivity contribution is -0.120. The molecular weight excluding hydrogens is 394 g/mol. The van der Waals surface area contributed by atoms with Crippen molar-refractivity contribution in [2.75, 3.05) is 22.5 Å². The van der Waals surface area contributed by atoms with Crippen molar-refractivity contribution in [2.45, 2.75) is 24.0 Å². The molecule has 9 heteroatoms. The standard InChI is InChI=1S/C19H17N5O2S2/c25-16-10-23(14-5-2-1-4-13(14)20-16)17(26)11-28-19-22-21-18(15-6-3-9-27-15)24(19)12-7-8-12/h1-6,9,12H,7-8,10-11H2,(H,20,25). The van der Waals surface area contributed by atoms with Crippen molar-refractivity contribution < 1.29 is 9.59 Å². The van der Waals surface area contributed by atoms with E-state index in [4.69, 9.17) is 0 Å². The number of anilines is 2. The van der Waals surface area contributed by atoms with Gasteiger partial charge in [0.2, 0.25) is 11.8 Å². The number of hydrogen-bond donors (Lipinski definition) is 1. The number of thioether (sulfide) groups is 1. The molecule has 7 nitrogen and oxygen atoms in total. The molecule has 1 saturated carbocycles. The number of carbonyl (C=O) groups excluding carboxylic acids is 2. The van der Waals surface area contributed by atoms with E-state index in [1.807, 2.05) is 35.7 Å². The number of rotatable bonds is 5. The number of amides is 2. The molecule has 1 aliphatic heterocycles. The minimum atomic E-state index is -0.182. The topological polar surface area (TPSA) is 80.1 Å². The maximum Gasteiger partial charge on any atom is 0.244 e. The van der Waals surface area contributed by atoms with Gasteiger partial charge in [-0.1, -0.05) is 30.0 Å². The van der Waals surface area contributed by atoms with Crippen LogP contribution in [0.1, 0.15) is 18.9 Å². The van der Waals surface area contributed by atoms with Gasteiger partial charge in [-0.3, -0.25) is 14.2 Å². The van der Waals surface area contributed by atoms with Crippen LogP contribution in [-0.2, 0) is 9.59 Å². The fourth-order valence-electron chi connectivity index (χ4n) is 3.27. The van der Waals surface area contributed by atoms with Gasteiger partial charge in [-0.25, -0.2) is 0 Å². The summed E-state index contributed by atoms with van der Waals surface area (Å²) in [5.41, 5.74) is 1.40. The Morgan fingerprint density at radius 3 is 2.86 bits per heavy atom. The van der Waals surface area contributed by atoms with E-state index in [9.17, 15) is 9.59 Å². The Morgan fingerprint density at radius 1 is 1.21 bits per heavy atom. The first-order chi connectivity index (χ1) is 13.7. The number of nitrogens with one attached hydrogen (secondary N) is 1. The van der Waals surface area contributed by atoms with Crippen LogP contribution in [-0.4, -0.2) is 38.9 Å². The molecule has 0 radical (unpaired) electrons. The molecule has 0 spiro atoms. The minimum Gasteiger partial charge on any atom is -0.323 e. The van der Waals surface area contributed by atoms with Crippen molar-refractivity contribution in [3.8, 4) is 10.7 Å². The smallest absolute Gasteiger partial charge is 0.244 e. The van der Waals surface area contributed by atoms with Crippen molar-refractivity contribution in [2.24, 2.45) is 0 Å². The number of carbonyl (C=O) groups is 2. The Labute approximate surface area is 169 Å². The van der Waals surface area contributed by atoms with Gasteiger partial charge in [-0.15, -0.1) is 21.5 Å². The molecule has 0 saturated heterocycles. The van der Waals surface area contributed by atoms with E-state index in [1.165, 1.54) is 11.8 Å². The molecule has 28 heavy (non-hydrogen) atoms. The molecule has 0 atom stereocenters. The van der Waals surface area contributed by atoms with Crippen LogP contribution >= 0.6 is 23.1 Å². The normalized spacial score (nSPS) is 16.0. The molecule has 142 valence electrons. The molecule has 0 bridgehead atoms. The Kier molecular flexibility index (Phi) is 4.40. The second-order valence-electron chi connectivity index (χ2n) is 6.72. The predicted octanol–water partition coefficient (Wildman–Crippen LogP) is 3.42. The van der Waals surface area contributed by atoms with E-state index in [-0.39, 0.29) is 24.1 Å². The number of para-hydroxylation sites is 2. The molecule has 1 N–H and O–H groups in total. The van der Waals surface area contributed by atoms with Crippen LogP contribution in [0.5, 0.6) is 0 Å². The quantitative estimate of drug-likeness (QED) is 0.651. The third kappa shape index (κ3) is 3.20. The van der Waals surface area contributed by atoms with E-state index >= 15 is 0 Å². The number of nitrogens with zero attached hydrogens (tertiary/aromatic N) is 4. The molecule has 3 aromatic rings. The first-order valence-electron chi connectivity index (χ1n) is 9.01. The van der Waals surface area contributed by atoms with Crippen molar-refractivity contribution in [3.63, 3.8) is 0 Å². The highest BCUT2D eigenvalue weighted by molar-refractivity contribution is 7.99. The summed E-state index contributed by atoms with van der Waals surface area (Å²) >= 11 is 3.02. The summed E-state index contributed by atoms with van der Waals surface area (Å²) in [5.74, 6) is 0.778. The van der Waals surface area contributed by atoms with Gasteiger partial charge in [0.05, 0.1) is 22.0 Å². The maximum atomic E-state index is 12.9. The lowest BCUT2D eigenvalue weighted by atomic mass is 10.2. The van der Waals surface area contributed by atoms with Gasteiger partial charge < -0.3 is 10.2 Å². The Balaban J connectivity index is 1.36. The number of thiophene rings is 1. The number of fused-ring (bicyclic) bond motifs is 1. The molecule has 1 aromatic carbocycles. The molecule has 5 rings (SSSR count). The highest BCUT2D eigenvalue weighted by Crippen LogP contribution is 2.42. The van der Waals surface area contributed by atoms with Gasteiger partial charge in [0.1, 0.15) is 6.54 Å². The first kappa shape index (κ1) is 17.4. The molecule has 1 aliphatic carbocycles. The fraction of sp³-hybridized carbons (Fsp3) is 0.263. The van der Waals surface area contributed by atoms with Crippen molar-refractivity contribution in [1.82, 2.24) is 14.8 Å². The Bertz CT molecular complexity index is 1040. The lowest BCUT2D eigenvalue weighted by Gasteiger charge is -2.29. The third-order valence-electron chi connectivity index (χ3n) is 4.71. The fourth-order valence-corrected chi connectivity index (χ4v) is 4.86. The van der Waals surface area contributed by atoms with E-state index in [0.717, 1.165) is 34.4 Å². The summed E-state index contributed by atoms with van der Waals surface area (Å²) in [4.78, 5) is 27.5. The largest absolute Gasteiger partial charge is 0.323 e. The van der Waals surface area contributed by atoms with Crippen molar-refractivity contribution >= 4 is 46.3 Å². The van der Waals surface area contributed by atoms with Crippen LogP contribution < -0.4 is 10.2 Å². The zero-order valence-corrected chi connectivity index (χ0v) is 16.5. The lowest BCUT2D eigenvalue weighted by Crippen LogP contribution is -2.43.